The Balaban J connectivity index is 0. The molecule has 0 fully saturated rings. The molecule has 0 spiro atoms. The third-order valence-electron chi connectivity index (χ3n) is 2.06. The van der Waals surface area contributed by atoms with Gasteiger partial charge >= 0.3 is 0 Å². The van der Waals surface area contributed by atoms with Gasteiger partial charge < -0.3 is 5.73 Å². The Morgan fingerprint density at radius 3 is 1.71 bits per heavy atom. The molecule has 0 saturated heterocycles. The number of nitrogens with two attached hydrogens (primary N) is 1. The van der Waals surface area contributed by atoms with Gasteiger partial charge in [-0.2, -0.15) is 0 Å². The van der Waals surface area contributed by atoms with Crippen LogP contribution in [-0.4, -0.2) is 6.54 Å². The van der Waals surface area contributed by atoms with Gasteiger partial charge in [0.05, 0.1) is 0 Å². The number of unbranched alkanes of at least 4 members (excludes halogenated alkanes) is 7. The number of hydrogen-bond donors (Lipinski definition) is 1. The van der Waals surface area contributed by atoms with Gasteiger partial charge in [-0.15, -0.1) is 0 Å². The Labute approximate surface area is 98.3 Å². The van der Waals surface area contributed by atoms with E-state index < -0.39 is 0 Å². The summed E-state index contributed by atoms with van der Waals surface area (Å²) in [5, 5.41) is 0. The third kappa shape index (κ3) is 22.8. The van der Waals surface area contributed by atoms with Gasteiger partial charge in [0, 0.05) is 0 Å². The molecule has 14 heavy (non-hydrogen) atoms. The third-order valence-corrected chi connectivity index (χ3v) is 2.06. The largest absolute Gasteiger partial charge is 0.330 e. The van der Waals surface area contributed by atoms with Gasteiger partial charge in [-0.1, -0.05) is 74.4 Å². The summed E-state index contributed by atoms with van der Waals surface area (Å²) in [7, 11) is 0. The first-order valence-electron chi connectivity index (χ1n) is 5.74. The van der Waals surface area contributed by atoms with E-state index in [-0.39, 0.29) is 0 Å². The van der Waals surface area contributed by atoms with E-state index in [1.54, 1.807) is 4.99 Å². The normalized spacial score (nSPS) is 9.07. The average Bonchev–Trinajstić information content (AvgIpc) is 2.18. The summed E-state index contributed by atoms with van der Waals surface area (Å²) in [4.78, 5) is 1.56. The van der Waals surface area contributed by atoms with Crippen LogP contribution >= 0.6 is 15.9 Å². The van der Waals surface area contributed by atoms with Crippen molar-refractivity contribution < 1.29 is 0 Å². The standard InChI is InChI=1S/C10H23N.C2H3Br/c1-2-3-4-5-6-7-8-9-10-11;1-2-3/h2-11H2,1H3;2H,1H2. The maximum absolute atomic E-state index is 5.39. The monoisotopic (exact) mass is 263 g/mol. The quantitative estimate of drug-likeness (QED) is 0.636. The maximum atomic E-state index is 5.39. The van der Waals surface area contributed by atoms with E-state index in [9.17, 15) is 0 Å². The minimum absolute atomic E-state index is 0.870. The zero-order valence-corrected chi connectivity index (χ0v) is 11.2. The first-order valence-corrected chi connectivity index (χ1v) is 6.66. The first kappa shape index (κ1) is 16.6. The molecule has 0 bridgehead atoms. The lowest BCUT2D eigenvalue weighted by Gasteiger charge is -1.99. The fourth-order valence-electron chi connectivity index (χ4n) is 1.28. The van der Waals surface area contributed by atoms with Crippen LogP contribution in [0.25, 0.3) is 0 Å². The van der Waals surface area contributed by atoms with E-state index >= 15 is 0 Å². The van der Waals surface area contributed by atoms with Crippen LogP contribution in [0.15, 0.2) is 11.6 Å². The summed E-state index contributed by atoms with van der Waals surface area (Å²) in [6.45, 7) is 6.41. The van der Waals surface area contributed by atoms with Gasteiger partial charge in [0.15, 0.2) is 0 Å². The molecule has 0 atom stereocenters. The highest BCUT2D eigenvalue weighted by Gasteiger charge is 1.89. The fraction of sp³-hybridized carbons (Fsp3) is 0.833. The van der Waals surface area contributed by atoms with Gasteiger partial charge in [-0.3, -0.25) is 0 Å². The van der Waals surface area contributed by atoms with E-state index in [4.69, 9.17) is 5.73 Å². The van der Waals surface area contributed by atoms with Crippen LogP contribution in [0.3, 0.4) is 0 Å². The van der Waals surface area contributed by atoms with E-state index in [0.29, 0.717) is 0 Å². The van der Waals surface area contributed by atoms with Crippen molar-refractivity contribution in [2.24, 2.45) is 5.73 Å². The smallest absolute Gasteiger partial charge is 0.00773 e. The van der Waals surface area contributed by atoms with Gasteiger partial charge in [0.25, 0.3) is 0 Å². The first-order chi connectivity index (χ1) is 6.83. The molecule has 2 heteroatoms. The zero-order chi connectivity index (χ0) is 11.1. The maximum Gasteiger partial charge on any atom is -0.00773 e. The molecular formula is C12H26BrN. The predicted octanol–water partition coefficient (Wildman–Crippen LogP) is 4.61. The summed E-state index contributed by atoms with van der Waals surface area (Å²) >= 11 is 2.91. The summed E-state index contributed by atoms with van der Waals surface area (Å²) in [6, 6.07) is 0. The van der Waals surface area contributed by atoms with Crippen molar-refractivity contribution in [2.75, 3.05) is 6.54 Å². The Hall–Kier alpha value is 0.180. The van der Waals surface area contributed by atoms with Crippen molar-refractivity contribution in [3.8, 4) is 0 Å². The lowest BCUT2D eigenvalue weighted by Crippen LogP contribution is -1.97. The second kappa shape index (κ2) is 18.9. The van der Waals surface area contributed by atoms with Gasteiger partial charge in [-0.05, 0) is 18.0 Å². The minimum Gasteiger partial charge on any atom is -0.330 e. The molecule has 0 unspecified atom stereocenters. The lowest BCUT2D eigenvalue weighted by atomic mass is 10.1. The molecule has 0 aromatic rings. The van der Waals surface area contributed by atoms with Crippen LogP contribution in [0, 0.1) is 0 Å². The van der Waals surface area contributed by atoms with Crippen LogP contribution in [0.2, 0.25) is 0 Å². The van der Waals surface area contributed by atoms with Crippen LogP contribution in [0.1, 0.15) is 58.3 Å². The Bertz CT molecular complexity index is 86.3. The second-order valence-electron chi connectivity index (χ2n) is 3.42. The Kier molecular flexibility index (Phi) is 22.4. The molecule has 0 aromatic carbocycles. The number of rotatable bonds is 8. The molecule has 1 nitrogen and oxygen atoms in total. The van der Waals surface area contributed by atoms with Crippen LogP contribution in [0.5, 0.6) is 0 Å². The molecule has 0 rings (SSSR count). The van der Waals surface area contributed by atoms with Crippen LogP contribution < -0.4 is 5.73 Å². The highest BCUT2D eigenvalue weighted by molar-refractivity contribution is 9.11. The van der Waals surface area contributed by atoms with E-state index in [0.717, 1.165) is 6.54 Å². The van der Waals surface area contributed by atoms with E-state index in [2.05, 4.69) is 29.4 Å². The zero-order valence-electron chi connectivity index (χ0n) is 9.60. The van der Waals surface area contributed by atoms with Gasteiger partial charge in [0.2, 0.25) is 0 Å². The molecule has 0 heterocycles. The second-order valence-corrected chi connectivity index (χ2v) is 4.07. The van der Waals surface area contributed by atoms with Crippen molar-refractivity contribution in [2.45, 2.75) is 58.3 Å². The van der Waals surface area contributed by atoms with Crippen molar-refractivity contribution >= 4 is 15.9 Å². The summed E-state index contributed by atoms with van der Waals surface area (Å²) in [5.41, 5.74) is 5.39. The van der Waals surface area contributed by atoms with Crippen LogP contribution in [0.4, 0.5) is 0 Å². The lowest BCUT2D eigenvalue weighted by molar-refractivity contribution is 0.578. The molecule has 0 aliphatic rings. The highest BCUT2D eigenvalue weighted by atomic mass is 79.9. The summed E-state index contributed by atoms with van der Waals surface area (Å²) < 4.78 is 0. The molecule has 86 valence electrons. The Morgan fingerprint density at radius 1 is 1.00 bits per heavy atom. The fourth-order valence-corrected chi connectivity index (χ4v) is 1.28. The SMILES string of the molecule is C=CBr.CCCCCCCCCCN. The van der Waals surface area contributed by atoms with E-state index in [1.807, 2.05) is 0 Å². The number of hydrogen-bond acceptors (Lipinski definition) is 1. The van der Waals surface area contributed by atoms with Crippen molar-refractivity contribution in [3.05, 3.63) is 11.6 Å². The van der Waals surface area contributed by atoms with Crippen LogP contribution in [-0.2, 0) is 0 Å². The van der Waals surface area contributed by atoms with E-state index in [1.165, 1.54) is 51.4 Å². The van der Waals surface area contributed by atoms with Crippen molar-refractivity contribution in [1.29, 1.82) is 0 Å². The molecule has 0 amide bonds. The van der Waals surface area contributed by atoms with Gasteiger partial charge in [0.1, 0.15) is 0 Å². The average molecular weight is 264 g/mol. The molecule has 0 aromatic heterocycles. The van der Waals surface area contributed by atoms with Crippen molar-refractivity contribution in [1.82, 2.24) is 0 Å². The molecular weight excluding hydrogens is 238 g/mol. The summed E-state index contributed by atoms with van der Waals surface area (Å²) in [5.74, 6) is 0. The van der Waals surface area contributed by atoms with Gasteiger partial charge in [-0.25, -0.2) is 0 Å². The van der Waals surface area contributed by atoms with Crippen molar-refractivity contribution in [3.63, 3.8) is 0 Å². The molecule has 0 saturated carbocycles. The summed E-state index contributed by atoms with van der Waals surface area (Å²) in [6.07, 6.45) is 11.0. The molecule has 2 N–H and O–H groups in total. The number of halogens is 1. The molecule has 0 aliphatic carbocycles. The molecule has 0 aliphatic heterocycles. The topological polar surface area (TPSA) is 26.0 Å². The highest BCUT2D eigenvalue weighted by Crippen LogP contribution is 2.07. The minimum atomic E-state index is 0.870. The molecule has 0 radical (unpaired) electrons. The Morgan fingerprint density at radius 2 is 1.36 bits per heavy atom. The predicted molar refractivity (Wildman–Crippen MR) is 70.8 cm³/mol.